The molecule has 0 amide bonds. The standard InChI is InChI=1S/C12H10F2O3/c1-17-11(16)12(13,14)6-5-9-3-2-4-10(7-9)8-15/h2-8H,1H3/b6-5+. The molecular weight excluding hydrogens is 230 g/mol. The topological polar surface area (TPSA) is 43.4 Å². The lowest BCUT2D eigenvalue weighted by atomic mass is 10.1. The molecule has 0 aliphatic carbocycles. The highest BCUT2D eigenvalue weighted by Crippen LogP contribution is 2.19. The third-order valence-corrected chi connectivity index (χ3v) is 1.99. The van der Waals surface area contributed by atoms with Gasteiger partial charge in [0, 0.05) is 5.56 Å². The second kappa shape index (κ2) is 5.34. The van der Waals surface area contributed by atoms with Crippen LogP contribution in [0.3, 0.4) is 0 Å². The van der Waals surface area contributed by atoms with E-state index >= 15 is 0 Å². The van der Waals surface area contributed by atoms with E-state index in [1.807, 2.05) is 0 Å². The van der Waals surface area contributed by atoms with E-state index in [4.69, 9.17) is 0 Å². The first-order chi connectivity index (χ1) is 7.99. The molecule has 0 fully saturated rings. The molecule has 0 aromatic heterocycles. The first-order valence-corrected chi connectivity index (χ1v) is 4.70. The highest BCUT2D eigenvalue weighted by molar-refractivity contribution is 5.81. The van der Waals surface area contributed by atoms with Crippen molar-refractivity contribution >= 4 is 18.3 Å². The minimum atomic E-state index is -3.67. The number of benzene rings is 1. The van der Waals surface area contributed by atoms with Crippen LogP contribution in [0.4, 0.5) is 8.78 Å². The summed E-state index contributed by atoms with van der Waals surface area (Å²) < 4.78 is 30.1. The minimum absolute atomic E-state index is 0.369. The predicted octanol–water partition coefficient (Wildman–Crippen LogP) is 2.32. The Hall–Kier alpha value is -2.04. The molecule has 0 spiro atoms. The van der Waals surface area contributed by atoms with Gasteiger partial charge in [-0.2, -0.15) is 8.78 Å². The van der Waals surface area contributed by atoms with Crippen molar-refractivity contribution in [2.45, 2.75) is 5.92 Å². The molecule has 5 heteroatoms. The van der Waals surface area contributed by atoms with Gasteiger partial charge in [0.25, 0.3) is 0 Å². The quantitative estimate of drug-likeness (QED) is 0.599. The summed E-state index contributed by atoms with van der Waals surface area (Å²) >= 11 is 0. The van der Waals surface area contributed by atoms with Crippen molar-refractivity contribution in [1.29, 1.82) is 0 Å². The number of esters is 1. The number of halogens is 2. The molecule has 0 radical (unpaired) electrons. The molecule has 1 aromatic carbocycles. The molecule has 0 saturated heterocycles. The van der Waals surface area contributed by atoms with Gasteiger partial charge in [-0.05, 0) is 17.7 Å². The number of hydrogen-bond acceptors (Lipinski definition) is 3. The average molecular weight is 240 g/mol. The van der Waals surface area contributed by atoms with Crippen molar-refractivity contribution in [3.8, 4) is 0 Å². The summed E-state index contributed by atoms with van der Waals surface area (Å²) in [5.41, 5.74) is 0.770. The van der Waals surface area contributed by atoms with Crippen LogP contribution in [0.15, 0.2) is 30.3 Å². The normalized spacial score (nSPS) is 11.5. The monoisotopic (exact) mass is 240 g/mol. The summed E-state index contributed by atoms with van der Waals surface area (Å²) in [5, 5.41) is 0. The number of carbonyl (C=O) groups excluding carboxylic acids is 2. The van der Waals surface area contributed by atoms with Gasteiger partial charge >= 0.3 is 11.9 Å². The van der Waals surface area contributed by atoms with Crippen LogP contribution in [0.25, 0.3) is 6.08 Å². The number of rotatable bonds is 4. The molecule has 0 saturated carbocycles. The second-order valence-corrected chi connectivity index (χ2v) is 3.24. The van der Waals surface area contributed by atoms with Gasteiger partial charge in [-0.1, -0.05) is 24.3 Å². The zero-order valence-electron chi connectivity index (χ0n) is 9.02. The number of ether oxygens (including phenoxy) is 1. The fourth-order valence-electron chi connectivity index (χ4n) is 1.14. The lowest BCUT2D eigenvalue weighted by Crippen LogP contribution is -2.27. The van der Waals surface area contributed by atoms with Crippen LogP contribution >= 0.6 is 0 Å². The van der Waals surface area contributed by atoms with Crippen molar-refractivity contribution in [2.24, 2.45) is 0 Å². The van der Waals surface area contributed by atoms with Crippen molar-refractivity contribution in [3.63, 3.8) is 0 Å². The number of carbonyl (C=O) groups is 2. The Morgan fingerprint density at radius 2 is 2.00 bits per heavy atom. The third kappa shape index (κ3) is 3.48. The molecule has 0 aliphatic heterocycles. The summed E-state index contributed by atoms with van der Waals surface area (Å²) in [6, 6.07) is 6.07. The lowest BCUT2D eigenvalue weighted by Gasteiger charge is -2.07. The summed E-state index contributed by atoms with van der Waals surface area (Å²) in [4.78, 5) is 21.2. The summed E-state index contributed by atoms with van der Waals surface area (Å²) in [6.45, 7) is 0. The molecule has 0 N–H and O–H groups in total. The number of alkyl halides is 2. The van der Waals surface area contributed by atoms with Crippen molar-refractivity contribution in [3.05, 3.63) is 41.5 Å². The number of hydrogen-bond donors (Lipinski definition) is 0. The summed E-state index contributed by atoms with van der Waals surface area (Å²) in [7, 11) is 0.886. The molecule has 0 aliphatic rings. The van der Waals surface area contributed by atoms with Crippen LogP contribution < -0.4 is 0 Å². The first kappa shape index (κ1) is 13.0. The van der Waals surface area contributed by atoms with Crippen LogP contribution in [0.2, 0.25) is 0 Å². The van der Waals surface area contributed by atoms with Crippen molar-refractivity contribution in [2.75, 3.05) is 7.11 Å². The van der Waals surface area contributed by atoms with Gasteiger partial charge in [-0.15, -0.1) is 0 Å². The van der Waals surface area contributed by atoms with E-state index in [9.17, 15) is 18.4 Å². The molecule has 3 nitrogen and oxygen atoms in total. The summed E-state index contributed by atoms with van der Waals surface area (Å²) in [5.74, 6) is -5.30. The van der Waals surface area contributed by atoms with E-state index in [1.165, 1.54) is 12.1 Å². The number of aldehydes is 1. The molecule has 0 atom stereocenters. The fourth-order valence-corrected chi connectivity index (χ4v) is 1.14. The van der Waals surface area contributed by atoms with E-state index in [0.29, 0.717) is 23.5 Å². The van der Waals surface area contributed by atoms with E-state index in [1.54, 1.807) is 12.1 Å². The van der Waals surface area contributed by atoms with Gasteiger partial charge in [0.1, 0.15) is 6.29 Å². The maximum absolute atomic E-state index is 13.1. The van der Waals surface area contributed by atoms with Crippen molar-refractivity contribution in [1.82, 2.24) is 0 Å². The first-order valence-electron chi connectivity index (χ1n) is 4.70. The highest BCUT2D eigenvalue weighted by Gasteiger charge is 2.36. The molecule has 1 aromatic rings. The molecule has 0 heterocycles. The van der Waals surface area contributed by atoms with E-state index < -0.39 is 11.9 Å². The van der Waals surface area contributed by atoms with Crippen LogP contribution in [0.5, 0.6) is 0 Å². The average Bonchev–Trinajstić information content (AvgIpc) is 2.35. The van der Waals surface area contributed by atoms with Gasteiger partial charge in [0.05, 0.1) is 7.11 Å². The van der Waals surface area contributed by atoms with Crippen LogP contribution in [0.1, 0.15) is 15.9 Å². The van der Waals surface area contributed by atoms with Crippen molar-refractivity contribution < 1.29 is 23.1 Å². The van der Waals surface area contributed by atoms with Gasteiger partial charge < -0.3 is 4.74 Å². The zero-order chi connectivity index (χ0) is 12.9. The predicted molar refractivity (Wildman–Crippen MR) is 57.8 cm³/mol. The number of methoxy groups -OCH3 is 1. The van der Waals surface area contributed by atoms with E-state index in [0.717, 1.165) is 13.2 Å². The highest BCUT2D eigenvalue weighted by atomic mass is 19.3. The zero-order valence-corrected chi connectivity index (χ0v) is 9.02. The van der Waals surface area contributed by atoms with Gasteiger partial charge in [-0.25, -0.2) is 4.79 Å². The summed E-state index contributed by atoms with van der Waals surface area (Å²) in [6.07, 6.45) is 2.10. The molecule has 0 unspecified atom stereocenters. The molecular formula is C12H10F2O3. The molecule has 0 bridgehead atoms. The Balaban J connectivity index is 2.89. The van der Waals surface area contributed by atoms with Crippen LogP contribution in [-0.2, 0) is 9.53 Å². The largest absolute Gasteiger partial charge is 0.464 e. The Morgan fingerprint density at radius 1 is 1.35 bits per heavy atom. The van der Waals surface area contributed by atoms with E-state index in [-0.39, 0.29) is 0 Å². The smallest absolute Gasteiger partial charge is 0.381 e. The third-order valence-electron chi connectivity index (χ3n) is 1.99. The minimum Gasteiger partial charge on any atom is -0.464 e. The van der Waals surface area contributed by atoms with Gasteiger partial charge in [0.2, 0.25) is 0 Å². The Bertz CT molecular complexity index is 453. The second-order valence-electron chi connectivity index (χ2n) is 3.24. The maximum atomic E-state index is 13.1. The maximum Gasteiger partial charge on any atom is 0.381 e. The Kier molecular flexibility index (Phi) is 4.09. The lowest BCUT2D eigenvalue weighted by molar-refractivity contribution is -0.161. The van der Waals surface area contributed by atoms with Gasteiger partial charge in [-0.3, -0.25) is 4.79 Å². The van der Waals surface area contributed by atoms with Crippen LogP contribution in [0, 0.1) is 0 Å². The Labute approximate surface area is 96.7 Å². The molecule has 1 rings (SSSR count). The van der Waals surface area contributed by atoms with E-state index in [2.05, 4.69) is 4.74 Å². The fraction of sp³-hybridized carbons (Fsp3) is 0.167. The molecule has 17 heavy (non-hydrogen) atoms. The van der Waals surface area contributed by atoms with Gasteiger partial charge in [0.15, 0.2) is 0 Å². The van der Waals surface area contributed by atoms with Crippen LogP contribution in [-0.4, -0.2) is 25.3 Å². The molecule has 90 valence electrons. The SMILES string of the molecule is COC(=O)C(F)(F)/C=C/c1cccc(C=O)c1. The Morgan fingerprint density at radius 3 is 2.59 bits per heavy atom.